The molecule has 0 bridgehead atoms. The minimum Gasteiger partial charge on any atom is -0.497 e. The van der Waals surface area contributed by atoms with E-state index in [1.165, 1.54) is 0 Å². The number of ether oxygens (including phenoxy) is 4. The summed E-state index contributed by atoms with van der Waals surface area (Å²) in [6.07, 6.45) is 9.95. The minimum atomic E-state index is -0.258. The fraction of sp³-hybridized carbons (Fsp3) is 0.429. The molecule has 4 atom stereocenters. The molecule has 10 heteroatoms. The van der Waals surface area contributed by atoms with E-state index >= 15 is 0 Å². The van der Waals surface area contributed by atoms with Crippen molar-refractivity contribution in [2.24, 2.45) is 9.98 Å². The van der Waals surface area contributed by atoms with Crippen molar-refractivity contribution in [3.05, 3.63) is 70.8 Å². The number of aliphatic imine (C=N–C) groups is 2. The Morgan fingerprint density at radius 1 is 0.711 bits per heavy atom. The fourth-order valence-electron chi connectivity index (χ4n) is 6.48. The van der Waals surface area contributed by atoms with Crippen LogP contribution in [0.15, 0.2) is 69.7 Å². The molecule has 2 amide bonds. The number of fused-ring (bicyclic) bond motifs is 4. The third-order valence-electron chi connectivity index (χ3n) is 9.02. The molecule has 4 aliphatic rings. The van der Waals surface area contributed by atoms with Gasteiger partial charge in [0, 0.05) is 38.7 Å². The maximum atomic E-state index is 13.5. The Hall–Kier alpha value is -4.28. The summed E-state index contributed by atoms with van der Waals surface area (Å²) in [5, 5.41) is 0. The van der Waals surface area contributed by atoms with Crippen LogP contribution in [0, 0.1) is 0 Å². The van der Waals surface area contributed by atoms with Gasteiger partial charge >= 0.3 is 0 Å². The predicted octanol–water partition coefficient (Wildman–Crippen LogP) is 5.32. The zero-order valence-corrected chi connectivity index (χ0v) is 26.3. The van der Waals surface area contributed by atoms with Gasteiger partial charge < -0.3 is 28.7 Å². The molecule has 2 fully saturated rings. The Morgan fingerprint density at radius 2 is 1.16 bits per heavy atom. The number of methoxy groups -OCH3 is 2. The molecule has 0 aromatic heterocycles. The lowest BCUT2D eigenvalue weighted by molar-refractivity contribution is 0.0438. The van der Waals surface area contributed by atoms with E-state index in [1.807, 2.05) is 72.5 Å². The number of nitrogens with zero attached hydrogens (tertiary/aromatic N) is 4. The van der Waals surface area contributed by atoms with Gasteiger partial charge in [0.15, 0.2) is 0 Å². The third-order valence-corrected chi connectivity index (χ3v) is 9.02. The molecule has 10 nitrogen and oxygen atoms in total. The van der Waals surface area contributed by atoms with Crippen LogP contribution < -0.4 is 9.47 Å². The summed E-state index contributed by atoms with van der Waals surface area (Å²) in [6.45, 7) is 6.13. The van der Waals surface area contributed by atoms with Gasteiger partial charge in [-0.25, -0.2) is 0 Å². The zero-order chi connectivity index (χ0) is 31.5. The normalized spacial score (nSPS) is 25.2. The van der Waals surface area contributed by atoms with Crippen molar-refractivity contribution in [1.82, 2.24) is 9.80 Å². The molecule has 0 N–H and O–H groups in total. The van der Waals surface area contributed by atoms with E-state index in [-0.39, 0.29) is 36.1 Å². The highest BCUT2D eigenvalue weighted by atomic mass is 16.5. The van der Waals surface area contributed by atoms with Gasteiger partial charge in [0.25, 0.3) is 11.8 Å². The molecule has 0 saturated carbocycles. The van der Waals surface area contributed by atoms with Crippen molar-refractivity contribution in [2.45, 2.75) is 57.4 Å². The Morgan fingerprint density at radius 3 is 1.56 bits per heavy atom. The second-order valence-corrected chi connectivity index (χ2v) is 11.5. The molecule has 6 rings (SSSR count). The molecule has 2 saturated heterocycles. The maximum absolute atomic E-state index is 13.5. The number of hydrogen-bond acceptors (Lipinski definition) is 8. The average molecular weight is 613 g/mol. The first-order chi connectivity index (χ1) is 22.0. The average Bonchev–Trinajstić information content (AvgIpc) is 3.53. The van der Waals surface area contributed by atoms with Crippen LogP contribution in [-0.2, 0) is 9.47 Å². The summed E-state index contributed by atoms with van der Waals surface area (Å²) >= 11 is 0. The summed E-state index contributed by atoms with van der Waals surface area (Å²) < 4.78 is 23.4. The van der Waals surface area contributed by atoms with Crippen LogP contribution in [0.25, 0.3) is 0 Å². The highest BCUT2D eigenvalue weighted by Gasteiger charge is 2.43. The number of amides is 2. The van der Waals surface area contributed by atoms with Gasteiger partial charge in [0.1, 0.15) is 23.7 Å². The monoisotopic (exact) mass is 612 g/mol. The number of unbranched alkanes of at least 4 members (excludes halogenated alkanes) is 2. The van der Waals surface area contributed by atoms with E-state index in [0.717, 1.165) is 30.4 Å². The minimum absolute atomic E-state index is 0.0657. The third kappa shape index (κ3) is 5.92. The second-order valence-electron chi connectivity index (χ2n) is 11.5. The van der Waals surface area contributed by atoms with Gasteiger partial charge in [0.2, 0.25) is 0 Å². The number of carbonyl (C=O) groups excluding carboxylic acids is 2. The molecule has 45 heavy (non-hydrogen) atoms. The highest BCUT2D eigenvalue weighted by molar-refractivity contribution is 6.04. The van der Waals surface area contributed by atoms with E-state index in [2.05, 4.69) is 9.98 Å². The van der Waals surface area contributed by atoms with E-state index in [9.17, 15) is 9.59 Å². The van der Waals surface area contributed by atoms with E-state index in [4.69, 9.17) is 18.9 Å². The van der Waals surface area contributed by atoms with Crippen molar-refractivity contribution in [3.63, 3.8) is 0 Å². The van der Waals surface area contributed by atoms with Crippen LogP contribution in [0.2, 0.25) is 0 Å². The van der Waals surface area contributed by atoms with Crippen molar-refractivity contribution in [3.8, 4) is 11.5 Å². The molecule has 4 heterocycles. The summed E-state index contributed by atoms with van der Waals surface area (Å²) in [5.41, 5.74) is 4.54. The lowest BCUT2D eigenvalue weighted by Crippen LogP contribution is -2.41. The SMILES string of the molecule is C/C=C1\CN2C(=O)c3cc(OC)ccc3N=C[C@@H]2C1OCCCCCOC1/C(=C/C)CN2C(=O)c3cc(OC)ccc3N=C[C@H]12. The summed E-state index contributed by atoms with van der Waals surface area (Å²) in [7, 11) is 3.18. The molecule has 4 aliphatic heterocycles. The molecule has 0 aliphatic carbocycles. The fourth-order valence-corrected chi connectivity index (χ4v) is 6.48. The zero-order valence-electron chi connectivity index (χ0n) is 26.3. The van der Waals surface area contributed by atoms with Gasteiger partial charge in [0.05, 0.1) is 48.8 Å². The summed E-state index contributed by atoms with van der Waals surface area (Å²) in [5.74, 6) is 1.13. The predicted molar refractivity (Wildman–Crippen MR) is 173 cm³/mol. The van der Waals surface area contributed by atoms with Crippen LogP contribution in [0.1, 0.15) is 53.8 Å². The standard InChI is InChI=1S/C35H40N4O6/c1-5-22-20-38-30(18-36-28-12-10-24(42-3)16-26(28)34(38)40)32(22)44-14-8-7-9-15-45-33-23(6-2)21-39-31(33)19-37-29-13-11-25(43-4)17-27(29)35(39)41/h5-6,10-13,16-19,30-33H,7-9,14-15,20-21H2,1-4H3/b22-5+,23-6+/t30-,31-,32?,33?/m1/s1. The highest BCUT2D eigenvalue weighted by Crippen LogP contribution is 2.36. The van der Waals surface area contributed by atoms with Gasteiger partial charge in [-0.05, 0) is 80.7 Å². The van der Waals surface area contributed by atoms with Crippen LogP contribution in [0.5, 0.6) is 11.5 Å². The first kappa shape index (κ1) is 30.7. The molecule has 2 aromatic carbocycles. The van der Waals surface area contributed by atoms with Gasteiger partial charge in [-0.3, -0.25) is 19.6 Å². The smallest absolute Gasteiger partial charge is 0.257 e. The van der Waals surface area contributed by atoms with Crippen molar-refractivity contribution < 1.29 is 28.5 Å². The molecular weight excluding hydrogens is 572 g/mol. The number of hydrogen-bond donors (Lipinski definition) is 0. The number of allylic oxidation sites excluding steroid dienone is 2. The molecule has 2 unspecified atom stereocenters. The number of benzene rings is 2. The van der Waals surface area contributed by atoms with E-state index in [0.29, 0.717) is 60.3 Å². The number of rotatable bonds is 10. The van der Waals surface area contributed by atoms with Crippen LogP contribution in [0.4, 0.5) is 11.4 Å². The number of carbonyl (C=O) groups is 2. The quantitative estimate of drug-likeness (QED) is 0.266. The first-order valence-corrected chi connectivity index (χ1v) is 15.6. The van der Waals surface area contributed by atoms with Crippen molar-refractivity contribution in [1.29, 1.82) is 0 Å². The Labute approximate surface area is 264 Å². The van der Waals surface area contributed by atoms with Gasteiger partial charge in [-0.15, -0.1) is 0 Å². The largest absolute Gasteiger partial charge is 0.497 e. The Kier molecular flexibility index (Phi) is 9.14. The molecule has 0 spiro atoms. The van der Waals surface area contributed by atoms with Crippen LogP contribution in [0.3, 0.4) is 0 Å². The molecule has 2 aromatic rings. The maximum Gasteiger partial charge on any atom is 0.257 e. The Balaban J connectivity index is 1.00. The molecule has 0 radical (unpaired) electrons. The summed E-state index contributed by atoms with van der Waals surface area (Å²) in [6, 6.07) is 10.3. The summed E-state index contributed by atoms with van der Waals surface area (Å²) in [4.78, 5) is 39.9. The van der Waals surface area contributed by atoms with Gasteiger partial charge in [-0.2, -0.15) is 0 Å². The van der Waals surface area contributed by atoms with Gasteiger partial charge in [-0.1, -0.05) is 12.2 Å². The topological polar surface area (TPSA) is 102 Å². The van der Waals surface area contributed by atoms with Crippen molar-refractivity contribution in [2.75, 3.05) is 40.5 Å². The molecular formula is C35H40N4O6. The lowest BCUT2D eigenvalue weighted by atomic mass is 10.1. The van der Waals surface area contributed by atoms with E-state index < -0.39 is 0 Å². The second kappa shape index (κ2) is 13.4. The van der Waals surface area contributed by atoms with Crippen LogP contribution >= 0.6 is 0 Å². The van der Waals surface area contributed by atoms with Crippen molar-refractivity contribution >= 4 is 35.6 Å². The molecule has 236 valence electrons. The Bertz CT molecular complexity index is 1460. The van der Waals surface area contributed by atoms with Crippen LogP contribution in [-0.4, -0.2) is 98.9 Å². The van der Waals surface area contributed by atoms with E-state index in [1.54, 1.807) is 26.4 Å². The lowest BCUT2D eigenvalue weighted by Gasteiger charge is -2.24. The first-order valence-electron chi connectivity index (χ1n) is 15.6.